The number of methoxy groups -OCH3 is 2. The molecule has 1 aliphatic carbocycles. The van der Waals surface area contributed by atoms with Crippen molar-refractivity contribution >= 4 is 5.91 Å². The van der Waals surface area contributed by atoms with Crippen molar-refractivity contribution in [1.29, 1.82) is 0 Å². The first kappa shape index (κ1) is 16.8. The molecule has 1 fully saturated rings. The van der Waals surface area contributed by atoms with E-state index >= 15 is 0 Å². The van der Waals surface area contributed by atoms with Gasteiger partial charge in [0.05, 0.1) is 19.1 Å². The second kappa shape index (κ2) is 7.14. The van der Waals surface area contributed by atoms with E-state index in [4.69, 9.17) is 9.47 Å². The Morgan fingerprint density at radius 1 is 1.32 bits per heavy atom. The van der Waals surface area contributed by atoms with Crippen LogP contribution in [0.5, 0.6) is 5.75 Å². The van der Waals surface area contributed by atoms with Gasteiger partial charge in [0, 0.05) is 20.2 Å². The van der Waals surface area contributed by atoms with Gasteiger partial charge >= 0.3 is 0 Å². The summed E-state index contributed by atoms with van der Waals surface area (Å²) in [6.45, 7) is 2.61. The fraction of sp³-hybridized carbons (Fsp3) is 0.611. The minimum absolute atomic E-state index is 0.123. The summed E-state index contributed by atoms with van der Waals surface area (Å²) in [5.41, 5.74) is 0.838. The van der Waals surface area contributed by atoms with Crippen LogP contribution in [0.4, 0.5) is 0 Å². The van der Waals surface area contributed by atoms with Gasteiger partial charge in [0.1, 0.15) is 5.75 Å². The van der Waals surface area contributed by atoms with E-state index in [2.05, 4.69) is 13.0 Å². The van der Waals surface area contributed by atoms with E-state index in [1.54, 1.807) is 14.2 Å². The van der Waals surface area contributed by atoms with E-state index in [0.717, 1.165) is 37.0 Å². The number of amides is 1. The Morgan fingerprint density at radius 3 is 2.55 bits per heavy atom. The minimum atomic E-state index is -0.293. The molecule has 1 aromatic carbocycles. The molecule has 1 saturated carbocycles. The number of para-hydroxylation sites is 1. The average Bonchev–Trinajstić information content (AvgIpc) is 2.50. The summed E-state index contributed by atoms with van der Waals surface area (Å²) in [4.78, 5) is 14.7. The zero-order chi connectivity index (χ0) is 16.2. The Kier molecular flexibility index (Phi) is 5.46. The van der Waals surface area contributed by atoms with E-state index in [0.29, 0.717) is 6.61 Å². The van der Waals surface area contributed by atoms with E-state index in [-0.39, 0.29) is 17.4 Å². The largest absolute Gasteiger partial charge is 0.496 e. The Balaban J connectivity index is 2.05. The smallest absolute Gasteiger partial charge is 0.231 e. The maximum absolute atomic E-state index is 12.8. The summed E-state index contributed by atoms with van der Waals surface area (Å²) < 4.78 is 10.7. The highest BCUT2D eigenvalue weighted by Crippen LogP contribution is 2.43. The molecule has 122 valence electrons. The molecule has 0 aliphatic heterocycles. The Hall–Kier alpha value is -1.55. The highest BCUT2D eigenvalue weighted by Gasteiger charge is 2.46. The molecule has 1 amide bonds. The summed E-state index contributed by atoms with van der Waals surface area (Å²) in [6, 6.07) is 8.11. The lowest BCUT2D eigenvalue weighted by atomic mass is 9.68. The summed E-state index contributed by atoms with van der Waals surface area (Å²) in [7, 11) is 5.25. The SMILES string of the molecule is COCC1(C(=O)N(C)C(C)Cc2ccccc2OC)CCC1. The molecule has 2 rings (SSSR count). The fourth-order valence-corrected chi connectivity index (χ4v) is 3.20. The van der Waals surface area contributed by atoms with E-state index in [1.165, 1.54) is 0 Å². The molecular formula is C18H27NO3. The minimum Gasteiger partial charge on any atom is -0.496 e. The molecule has 4 heteroatoms. The molecule has 0 bridgehead atoms. The van der Waals surface area contributed by atoms with E-state index in [9.17, 15) is 4.79 Å². The third-order valence-electron chi connectivity index (χ3n) is 4.87. The second-order valence-corrected chi connectivity index (χ2v) is 6.35. The van der Waals surface area contributed by atoms with E-state index < -0.39 is 0 Å². The molecule has 0 N–H and O–H groups in total. The monoisotopic (exact) mass is 305 g/mol. The Labute approximate surface area is 133 Å². The molecule has 1 aliphatic rings. The van der Waals surface area contributed by atoms with Gasteiger partial charge in [-0.3, -0.25) is 4.79 Å². The number of hydrogen-bond acceptors (Lipinski definition) is 3. The van der Waals surface area contributed by atoms with Crippen LogP contribution in [0.25, 0.3) is 0 Å². The number of benzene rings is 1. The van der Waals surface area contributed by atoms with Crippen molar-refractivity contribution in [3.63, 3.8) is 0 Å². The molecule has 1 unspecified atom stereocenters. The van der Waals surface area contributed by atoms with Gasteiger partial charge in [0.15, 0.2) is 0 Å². The summed E-state index contributed by atoms with van der Waals surface area (Å²) in [5, 5.41) is 0. The highest BCUT2D eigenvalue weighted by atomic mass is 16.5. The van der Waals surface area contributed by atoms with Gasteiger partial charge in [0.2, 0.25) is 5.91 Å². The van der Waals surface area contributed by atoms with Gasteiger partial charge in [0.25, 0.3) is 0 Å². The first-order chi connectivity index (χ1) is 10.5. The number of likely N-dealkylation sites (N-methyl/N-ethyl adjacent to an activating group) is 1. The number of carbonyl (C=O) groups is 1. The number of nitrogens with zero attached hydrogens (tertiary/aromatic N) is 1. The van der Waals surface area contributed by atoms with Crippen molar-refractivity contribution in [2.75, 3.05) is 27.9 Å². The van der Waals surface area contributed by atoms with Gasteiger partial charge in [-0.2, -0.15) is 0 Å². The topological polar surface area (TPSA) is 38.8 Å². The first-order valence-corrected chi connectivity index (χ1v) is 7.92. The van der Waals surface area contributed by atoms with Gasteiger partial charge in [-0.25, -0.2) is 0 Å². The lowest BCUT2D eigenvalue weighted by molar-refractivity contribution is -0.152. The summed E-state index contributed by atoms with van der Waals surface area (Å²) >= 11 is 0. The fourth-order valence-electron chi connectivity index (χ4n) is 3.20. The molecule has 0 spiro atoms. The van der Waals surface area contributed by atoms with Crippen LogP contribution < -0.4 is 4.74 Å². The van der Waals surface area contributed by atoms with E-state index in [1.807, 2.05) is 30.1 Å². The molecule has 0 saturated heterocycles. The average molecular weight is 305 g/mol. The number of rotatable bonds is 7. The van der Waals surface area contributed by atoms with Crippen LogP contribution in [0.3, 0.4) is 0 Å². The quantitative estimate of drug-likeness (QED) is 0.777. The first-order valence-electron chi connectivity index (χ1n) is 7.92. The Bertz CT molecular complexity index is 511. The van der Waals surface area contributed by atoms with Crippen molar-refractivity contribution in [2.45, 2.75) is 38.6 Å². The normalized spacial score (nSPS) is 17.5. The van der Waals surface area contributed by atoms with Gasteiger partial charge in [-0.1, -0.05) is 24.6 Å². The van der Waals surface area contributed by atoms with Gasteiger partial charge < -0.3 is 14.4 Å². The molecular weight excluding hydrogens is 278 g/mol. The molecule has 0 heterocycles. The number of carbonyl (C=O) groups excluding carboxylic acids is 1. The van der Waals surface area contributed by atoms with Gasteiger partial charge in [-0.05, 0) is 37.8 Å². The molecule has 1 aromatic rings. The maximum Gasteiger partial charge on any atom is 0.231 e. The zero-order valence-corrected chi connectivity index (χ0v) is 14.1. The van der Waals surface area contributed by atoms with Crippen molar-refractivity contribution in [2.24, 2.45) is 5.41 Å². The third-order valence-corrected chi connectivity index (χ3v) is 4.87. The lowest BCUT2D eigenvalue weighted by Gasteiger charge is -2.43. The molecule has 4 nitrogen and oxygen atoms in total. The summed E-state index contributed by atoms with van der Waals surface area (Å²) in [5.74, 6) is 1.09. The second-order valence-electron chi connectivity index (χ2n) is 6.35. The summed E-state index contributed by atoms with van der Waals surface area (Å²) in [6.07, 6.45) is 3.77. The molecule has 1 atom stereocenters. The van der Waals surface area contributed by atoms with Crippen LogP contribution in [0.15, 0.2) is 24.3 Å². The van der Waals surface area contributed by atoms with Crippen molar-refractivity contribution in [1.82, 2.24) is 4.90 Å². The molecule has 0 aromatic heterocycles. The van der Waals surface area contributed by atoms with Crippen LogP contribution in [-0.2, 0) is 16.0 Å². The van der Waals surface area contributed by atoms with Crippen LogP contribution in [-0.4, -0.2) is 44.7 Å². The van der Waals surface area contributed by atoms with Gasteiger partial charge in [-0.15, -0.1) is 0 Å². The number of ether oxygens (including phenoxy) is 2. The standard InChI is InChI=1S/C18H27NO3/c1-14(12-15-8-5-6-9-16(15)22-4)19(2)17(20)18(13-21-3)10-7-11-18/h5-6,8-9,14H,7,10-13H2,1-4H3. The Morgan fingerprint density at radius 2 is 2.00 bits per heavy atom. The van der Waals surface area contributed by atoms with Crippen molar-refractivity contribution in [3.8, 4) is 5.75 Å². The predicted molar refractivity (Wildman–Crippen MR) is 87.1 cm³/mol. The maximum atomic E-state index is 12.8. The molecule has 22 heavy (non-hydrogen) atoms. The van der Waals surface area contributed by atoms with Crippen LogP contribution in [0.2, 0.25) is 0 Å². The third kappa shape index (κ3) is 3.27. The highest BCUT2D eigenvalue weighted by molar-refractivity contribution is 5.84. The zero-order valence-electron chi connectivity index (χ0n) is 14.1. The lowest BCUT2D eigenvalue weighted by Crippen LogP contribution is -2.52. The molecule has 0 radical (unpaired) electrons. The van der Waals surface area contributed by atoms with Crippen LogP contribution in [0.1, 0.15) is 31.7 Å². The predicted octanol–water partition coefficient (Wildman–Crippen LogP) is 2.90. The van der Waals surface area contributed by atoms with Crippen LogP contribution in [0, 0.1) is 5.41 Å². The number of hydrogen-bond donors (Lipinski definition) is 0. The van der Waals surface area contributed by atoms with Crippen LogP contribution >= 0.6 is 0 Å². The van der Waals surface area contributed by atoms with Crippen molar-refractivity contribution in [3.05, 3.63) is 29.8 Å². The van der Waals surface area contributed by atoms with Crippen molar-refractivity contribution < 1.29 is 14.3 Å².